The van der Waals surface area contributed by atoms with Crippen LogP contribution in [-0.4, -0.2) is 16.8 Å². The summed E-state index contributed by atoms with van der Waals surface area (Å²) in [6.07, 6.45) is 2.53. The smallest absolute Gasteiger partial charge is 0.319 e. The predicted molar refractivity (Wildman–Crippen MR) is 91.3 cm³/mol. The SMILES string of the molecule is Cc1ccccc1CN1C(=O)N[C@@]2(CCCc3ccccc32)C1=O. The number of urea groups is 1. The van der Waals surface area contributed by atoms with E-state index in [1.807, 2.05) is 49.4 Å². The van der Waals surface area contributed by atoms with Gasteiger partial charge in [0.2, 0.25) is 0 Å². The highest BCUT2D eigenvalue weighted by Gasteiger charge is 2.53. The maximum absolute atomic E-state index is 13.2. The van der Waals surface area contributed by atoms with Crippen LogP contribution in [0.5, 0.6) is 0 Å². The number of fused-ring (bicyclic) bond motifs is 2. The standard InChI is InChI=1S/C20H20N2O2/c1-14-7-2-3-9-16(14)13-22-18(23)20(21-19(22)24)12-6-10-15-8-4-5-11-17(15)20/h2-5,7-9,11H,6,10,12-13H2,1H3,(H,21,24)/t20-/m1/s1. The number of benzene rings is 2. The van der Waals surface area contributed by atoms with Crippen molar-refractivity contribution in [2.24, 2.45) is 0 Å². The van der Waals surface area contributed by atoms with Gasteiger partial charge >= 0.3 is 6.03 Å². The van der Waals surface area contributed by atoms with Crippen LogP contribution in [0, 0.1) is 6.92 Å². The molecular weight excluding hydrogens is 300 g/mol. The lowest BCUT2D eigenvalue weighted by molar-refractivity contribution is -0.132. The van der Waals surface area contributed by atoms with Crippen molar-refractivity contribution in [3.8, 4) is 0 Å². The van der Waals surface area contributed by atoms with Gasteiger partial charge in [-0.3, -0.25) is 9.69 Å². The summed E-state index contributed by atoms with van der Waals surface area (Å²) in [4.78, 5) is 27.2. The lowest BCUT2D eigenvalue weighted by Gasteiger charge is -2.33. The van der Waals surface area contributed by atoms with Gasteiger partial charge in [0.25, 0.3) is 5.91 Å². The number of hydrogen-bond donors (Lipinski definition) is 1. The lowest BCUT2D eigenvalue weighted by atomic mass is 9.76. The molecule has 0 radical (unpaired) electrons. The van der Waals surface area contributed by atoms with Gasteiger partial charge in [0, 0.05) is 0 Å². The zero-order valence-corrected chi connectivity index (χ0v) is 13.7. The molecule has 1 aliphatic heterocycles. The molecule has 4 heteroatoms. The Balaban J connectivity index is 1.71. The van der Waals surface area contributed by atoms with Gasteiger partial charge in [-0.15, -0.1) is 0 Å². The molecule has 2 aromatic carbocycles. The fourth-order valence-electron chi connectivity index (χ4n) is 3.91. The highest BCUT2D eigenvalue weighted by molar-refractivity contribution is 6.07. The number of hydrogen-bond acceptors (Lipinski definition) is 2. The summed E-state index contributed by atoms with van der Waals surface area (Å²) in [5, 5.41) is 3.00. The molecule has 1 N–H and O–H groups in total. The maximum atomic E-state index is 13.2. The number of rotatable bonds is 2. The van der Waals surface area contributed by atoms with Crippen molar-refractivity contribution >= 4 is 11.9 Å². The monoisotopic (exact) mass is 320 g/mol. The van der Waals surface area contributed by atoms with Crippen molar-refractivity contribution < 1.29 is 9.59 Å². The molecule has 0 unspecified atom stereocenters. The molecule has 2 aromatic rings. The van der Waals surface area contributed by atoms with Gasteiger partial charge in [0.05, 0.1) is 6.54 Å². The Labute approximate surface area is 141 Å². The van der Waals surface area contributed by atoms with Crippen molar-refractivity contribution in [3.05, 3.63) is 70.8 Å². The quantitative estimate of drug-likeness (QED) is 0.863. The Morgan fingerprint density at radius 3 is 2.67 bits per heavy atom. The first-order valence-corrected chi connectivity index (χ1v) is 8.39. The fourth-order valence-corrected chi connectivity index (χ4v) is 3.91. The van der Waals surface area contributed by atoms with Gasteiger partial charge in [0.1, 0.15) is 5.54 Å². The highest BCUT2D eigenvalue weighted by atomic mass is 16.2. The summed E-state index contributed by atoms with van der Waals surface area (Å²) in [6.45, 7) is 2.32. The number of aryl methyl sites for hydroxylation is 2. The number of imide groups is 1. The number of amides is 3. The molecule has 0 aromatic heterocycles. The van der Waals surface area contributed by atoms with Crippen molar-refractivity contribution in [1.82, 2.24) is 10.2 Å². The number of carbonyl (C=O) groups excluding carboxylic acids is 2. The molecule has 122 valence electrons. The molecule has 1 saturated heterocycles. The average Bonchev–Trinajstić information content (AvgIpc) is 2.82. The van der Waals surface area contributed by atoms with Crippen LogP contribution < -0.4 is 5.32 Å². The number of carbonyl (C=O) groups is 2. The van der Waals surface area contributed by atoms with Crippen LogP contribution >= 0.6 is 0 Å². The first-order chi connectivity index (χ1) is 11.6. The van der Waals surface area contributed by atoms with E-state index in [1.165, 1.54) is 4.90 Å². The zero-order valence-electron chi connectivity index (χ0n) is 13.7. The molecule has 3 amide bonds. The Bertz CT molecular complexity index is 830. The fraction of sp³-hybridized carbons (Fsp3) is 0.300. The Hall–Kier alpha value is -2.62. The van der Waals surface area contributed by atoms with E-state index in [1.54, 1.807) is 0 Å². The van der Waals surface area contributed by atoms with Gasteiger partial charge in [-0.25, -0.2) is 4.79 Å². The summed E-state index contributed by atoms with van der Waals surface area (Å²) in [7, 11) is 0. The topological polar surface area (TPSA) is 49.4 Å². The average molecular weight is 320 g/mol. The molecule has 1 aliphatic carbocycles. The molecule has 0 bridgehead atoms. The van der Waals surface area contributed by atoms with E-state index in [4.69, 9.17) is 0 Å². The third-order valence-corrected chi connectivity index (χ3v) is 5.24. The Kier molecular flexibility index (Phi) is 3.41. The molecule has 0 saturated carbocycles. The van der Waals surface area contributed by atoms with Gasteiger partial charge < -0.3 is 5.32 Å². The van der Waals surface area contributed by atoms with Gasteiger partial charge in [-0.2, -0.15) is 0 Å². The summed E-state index contributed by atoms with van der Waals surface area (Å²) in [5.41, 5.74) is 3.33. The largest absolute Gasteiger partial charge is 0.325 e. The third-order valence-electron chi connectivity index (χ3n) is 5.24. The first-order valence-electron chi connectivity index (χ1n) is 8.39. The molecule has 2 aliphatic rings. The van der Waals surface area contributed by atoms with Gasteiger partial charge in [-0.1, -0.05) is 48.5 Å². The molecule has 24 heavy (non-hydrogen) atoms. The van der Waals surface area contributed by atoms with E-state index in [-0.39, 0.29) is 11.9 Å². The summed E-state index contributed by atoms with van der Waals surface area (Å²) in [6, 6.07) is 15.5. The van der Waals surface area contributed by atoms with Gasteiger partial charge in [0.15, 0.2) is 0 Å². The van der Waals surface area contributed by atoms with Crippen LogP contribution in [0.3, 0.4) is 0 Å². The van der Waals surface area contributed by atoms with E-state index in [9.17, 15) is 9.59 Å². The Morgan fingerprint density at radius 2 is 1.83 bits per heavy atom. The lowest BCUT2D eigenvalue weighted by Crippen LogP contribution is -2.46. The van der Waals surface area contributed by atoms with Crippen LogP contribution in [0.1, 0.15) is 35.1 Å². The molecule has 4 nitrogen and oxygen atoms in total. The van der Waals surface area contributed by atoms with E-state index < -0.39 is 5.54 Å². The van der Waals surface area contributed by atoms with Crippen molar-refractivity contribution in [3.63, 3.8) is 0 Å². The van der Waals surface area contributed by atoms with Crippen LogP contribution in [0.4, 0.5) is 4.79 Å². The number of nitrogens with zero attached hydrogens (tertiary/aromatic N) is 1. The van der Waals surface area contributed by atoms with Crippen LogP contribution in [0.15, 0.2) is 48.5 Å². The normalized spacial score (nSPS) is 22.6. The minimum Gasteiger partial charge on any atom is -0.319 e. The minimum absolute atomic E-state index is 0.122. The molecule has 1 spiro atoms. The van der Waals surface area contributed by atoms with Crippen molar-refractivity contribution in [2.75, 3.05) is 0 Å². The summed E-state index contributed by atoms with van der Waals surface area (Å²) >= 11 is 0. The van der Waals surface area contributed by atoms with Crippen LogP contribution in [0.2, 0.25) is 0 Å². The van der Waals surface area contributed by atoms with Crippen LogP contribution in [0.25, 0.3) is 0 Å². The van der Waals surface area contributed by atoms with E-state index in [0.717, 1.165) is 35.1 Å². The molecule has 1 fully saturated rings. The van der Waals surface area contributed by atoms with Crippen LogP contribution in [-0.2, 0) is 23.3 Å². The second kappa shape index (κ2) is 5.48. The predicted octanol–water partition coefficient (Wildman–Crippen LogP) is 3.28. The zero-order chi connectivity index (χ0) is 16.7. The molecule has 4 rings (SSSR count). The molecular formula is C20H20N2O2. The molecule has 1 atom stereocenters. The maximum Gasteiger partial charge on any atom is 0.325 e. The van der Waals surface area contributed by atoms with Gasteiger partial charge in [-0.05, 0) is 48.4 Å². The Morgan fingerprint density at radius 1 is 1.08 bits per heavy atom. The molecule has 1 heterocycles. The minimum atomic E-state index is -0.880. The number of nitrogens with one attached hydrogen (secondary N) is 1. The van der Waals surface area contributed by atoms with Crippen molar-refractivity contribution in [1.29, 1.82) is 0 Å². The second-order valence-electron chi connectivity index (χ2n) is 6.66. The highest BCUT2D eigenvalue weighted by Crippen LogP contribution is 2.40. The second-order valence-corrected chi connectivity index (χ2v) is 6.66. The van der Waals surface area contributed by atoms with Crippen molar-refractivity contribution in [2.45, 2.75) is 38.3 Å². The summed E-state index contributed by atoms with van der Waals surface area (Å²) in [5.74, 6) is -0.122. The summed E-state index contributed by atoms with van der Waals surface area (Å²) < 4.78 is 0. The van der Waals surface area contributed by atoms with E-state index >= 15 is 0 Å². The van der Waals surface area contributed by atoms with E-state index in [0.29, 0.717) is 13.0 Å². The third kappa shape index (κ3) is 2.13. The van der Waals surface area contributed by atoms with E-state index in [2.05, 4.69) is 11.4 Å². The first kappa shape index (κ1) is 14.9.